The molecule has 1 aromatic rings. The Morgan fingerprint density at radius 3 is 2.08 bits per heavy atom. The Morgan fingerprint density at radius 2 is 1.60 bits per heavy atom. The number of aryl methyl sites for hydroxylation is 2. The summed E-state index contributed by atoms with van der Waals surface area (Å²) in [5.74, 6) is -0.803. The Morgan fingerprint density at radius 1 is 1.04 bits per heavy atom. The van der Waals surface area contributed by atoms with E-state index in [4.69, 9.17) is 0 Å². The molecule has 25 heavy (non-hydrogen) atoms. The summed E-state index contributed by atoms with van der Waals surface area (Å²) in [5, 5.41) is 5.45. The highest BCUT2D eigenvalue weighted by atomic mass is 16.2. The van der Waals surface area contributed by atoms with Gasteiger partial charge in [-0.1, -0.05) is 17.2 Å². The van der Waals surface area contributed by atoms with Crippen molar-refractivity contribution in [3.63, 3.8) is 0 Å². The van der Waals surface area contributed by atoms with Gasteiger partial charge in [0.1, 0.15) is 0 Å². The van der Waals surface area contributed by atoms with Gasteiger partial charge in [0, 0.05) is 17.6 Å². The summed E-state index contributed by atoms with van der Waals surface area (Å²) in [6.07, 6.45) is 0. The van der Waals surface area contributed by atoms with Crippen molar-refractivity contribution < 1.29 is 14.4 Å². The van der Waals surface area contributed by atoms with E-state index in [2.05, 4.69) is 10.6 Å². The maximum atomic E-state index is 12.3. The molecule has 2 N–H and O–H groups in total. The van der Waals surface area contributed by atoms with Crippen LogP contribution >= 0.6 is 0 Å². The van der Waals surface area contributed by atoms with Crippen LogP contribution in [0.3, 0.4) is 0 Å². The number of benzene rings is 1. The fourth-order valence-electron chi connectivity index (χ4n) is 2.48. The first kappa shape index (κ1) is 20.7. The average Bonchev–Trinajstić information content (AvgIpc) is 2.47. The molecule has 0 saturated carbocycles. The normalized spacial score (nSPS) is 11.0. The van der Waals surface area contributed by atoms with Gasteiger partial charge in [-0.25, -0.2) is 0 Å². The van der Waals surface area contributed by atoms with Crippen molar-refractivity contribution in [2.45, 2.75) is 47.1 Å². The Balaban J connectivity index is 2.61. The second kappa shape index (κ2) is 8.65. The molecular weight excluding hydrogens is 318 g/mol. The number of carbonyl (C=O) groups excluding carboxylic acids is 3. The number of nitrogens with zero attached hydrogens (tertiary/aromatic N) is 1. The summed E-state index contributed by atoms with van der Waals surface area (Å²) >= 11 is 0. The predicted molar refractivity (Wildman–Crippen MR) is 98.4 cm³/mol. The number of hydrogen-bond acceptors (Lipinski definition) is 3. The van der Waals surface area contributed by atoms with E-state index in [1.807, 2.05) is 40.7 Å². The molecule has 1 aromatic carbocycles. The summed E-state index contributed by atoms with van der Waals surface area (Å²) in [5.41, 5.74) is 2.16. The Kier molecular flexibility index (Phi) is 7.15. The zero-order valence-electron chi connectivity index (χ0n) is 16.0. The fraction of sp³-hybridized carbons (Fsp3) is 0.526. The van der Waals surface area contributed by atoms with Gasteiger partial charge in [0.25, 0.3) is 5.91 Å². The highest BCUT2D eigenvalue weighted by Crippen LogP contribution is 2.08. The first-order valence-electron chi connectivity index (χ1n) is 8.47. The van der Waals surface area contributed by atoms with Crippen LogP contribution in [0, 0.1) is 13.8 Å². The van der Waals surface area contributed by atoms with Gasteiger partial charge < -0.3 is 15.5 Å². The van der Waals surface area contributed by atoms with Gasteiger partial charge in [0.15, 0.2) is 0 Å². The molecule has 0 aliphatic carbocycles. The second-order valence-electron chi connectivity index (χ2n) is 7.27. The standard InChI is InChI=1S/C19H29N3O3/c1-7-22(12-16(23)21-19(4,5)6)17(24)11-20-18(25)15-9-13(2)8-14(3)10-15/h8-10H,7,11-12H2,1-6H3,(H,20,25)(H,21,23). The van der Waals surface area contributed by atoms with Gasteiger partial charge >= 0.3 is 0 Å². The maximum Gasteiger partial charge on any atom is 0.251 e. The summed E-state index contributed by atoms with van der Waals surface area (Å²) in [7, 11) is 0. The van der Waals surface area contributed by atoms with Gasteiger partial charge in [-0.2, -0.15) is 0 Å². The summed E-state index contributed by atoms with van der Waals surface area (Å²) in [6.45, 7) is 11.5. The molecule has 0 bridgehead atoms. The maximum absolute atomic E-state index is 12.3. The molecule has 0 heterocycles. The fourth-order valence-corrected chi connectivity index (χ4v) is 2.48. The third-order valence-electron chi connectivity index (χ3n) is 3.47. The van der Waals surface area contributed by atoms with Crippen LogP contribution in [-0.2, 0) is 9.59 Å². The lowest BCUT2D eigenvalue weighted by atomic mass is 10.1. The SMILES string of the molecule is CCN(CC(=O)NC(C)(C)C)C(=O)CNC(=O)c1cc(C)cc(C)c1. The summed E-state index contributed by atoms with van der Waals surface area (Å²) in [6, 6.07) is 5.54. The van der Waals surface area contributed by atoms with Gasteiger partial charge in [-0.15, -0.1) is 0 Å². The van der Waals surface area contributed by atoms with E-state index in [9.17, 15) is 14.4 Å². The van der Waals surface area contributed by atoms with Gasteiger partial charge in [-0.05, 0) is 53.7 Å². The Bertz CT molecular complexity index is 628. The van der Waals surface area contributed by atoms with E-state index >= 15 is 0 Å². The van der Waals surface area contributed by atoms with Crippen LogP contribution in [0.2, 0.25) is 0 Å². The van der Waals surface area contributed by atoms with Crippen molar-refractivity contribution >= 4 is 17.7 Å². The molecular formula is C19H29N3O3. The number of likely N-dealkylation sites (N-methyl/N-ethyl adjacent to an activating group) is 1. The van der Waals surface area contributed by atoms with E-state index in [1.54, 1.807) is 19.1 Å². The van der Waals surface area contributed by atoms with Crippen molar-refractivity contribution in [1.29, 1.82) is 0 Å². The van der Waals surface area contributed by atoms with E-state index in [0.29, 0.717) is 12.1 Å². The molecule has 0 radical (unpaired) electrons. The van der Waals surface area contributed by atoms with Crippen molar-refractivity contribution in [3.8, 4) is 0 Å². The van der Waals surface area contributed by atoms with Gasteiger partial charge in [0.05, 0.1) is 13.1 Å². The minimum Gasteiger partial charge on any atom is -0.350 e. The Hall–Kier alpha value is -2.37. The summed E-state index contributed by atoms with van der Waals surface area (Å²) < 4.78 is 0. The molecule has 0 fully saturated rings. The zero-order valence-corrected chi connectivity index (χ0v) is 16.0. The largest absolute Gasteiger partial charge is 0.350 e. The van der Waals surface area contributed by atoms with Crippen molar-refractivity contribution in [3.05, 3.63) is 34.9 Å². The average molecular weight is 347 g/mol. The number of carbonyl (C=O) groups is 3. The molecule has 0 aliphatic heterocycles. The third kappa shape index (κ3) is 7.37. The van der Waals surface area contributed by atoms with Gasteiger partial charge in [-0.3, -0.25) is 14.4 Å². The van der Waals surface area contributed by atoms with Crippen LogP contribution in [0.1, 0.15) is 49.2 Å². The van der Waals surface area contributed by atoms with E-state index in [0.717, 1.165) is 11.1 Å². The molecule has 0 aromatic heterocycles. The van der Waals surface area contributed by atoms with Crippen molar-refractivity contribution in [2.75, 3.05) is 19.6 Å². The van der Waals surface area contributed by atoms with Crippen molar-refractivity contribution in [1.82, 2.24) is 15.5 Å². The van der Waals surface area contributed by atoms with Crippen LogP contribution in [-0.4, -0.2) is 47.8 Å². The molecule has 138 valence electrons. The molecule has 0 saturated heterocycles. The Labute approximate surface area is 150 Å². The minimum atomic E-state index is -0.350. The van der Waals surface area contributed by atoms with Gasteiger partial charge in [0.2, 0.25) is 11.8 Å². The lowest BCUT2D eigenvalue weighted by Crippen LogP contribution is -2.49. The zero-order chi connectivity index (χ0) is 19.2. The quantitative estimate of drug-likeness (QED) is 0.823. The first-order valence-corrected chi connectivity index (χ1v) is 8.47. The molecule has 3 amide bonds. The van der Waals surface area contributed by atoms with E-state index in [-0.39, 0.29) is 36.3 Å². The summed E-state index contributed by atoms with van der Waals surface area (Å²) in [4.78, 5) is 37.9. The van der Waals surface area contributed by atoms with E-state index < -0.39 is 0 Å². The number of rotatable bonds is 6. The molecule has 0 atom stereocenters. The molecule has 0 unspecified atom stereocenters. The molecule has 6 nitrogen and oxygen atoms in total. The lowest BCUT2D eigenvalue weighted by molar-refractivity contribution is -0.135. The number of amides is 3. The van der Waals surface area contributed by atoms with Crippen LogP contribution < -0.4 is 10.6 Å². The molecule has 1 rings (SSSR count). The molecule has 0 aliphatic rings. The topological polar surface area (TPSA) is 78.5 Å². The number of nitrogens with one attached hydrogen (secondary N) is 2. The smallest absolute Gasteiger partial charge is 0.251 e. The highest BCUT2D eigenvalue weighted by molar-refractivity contribution is 5.97. The van der Waals surface area contributed by atoms with Crippen LogP contribution in [0.5, 0.6) is 0 Å². The predicted octanol–water partition coefficient (Wildman–Crippen LogP) is 1.80. The lowest BCUT2D eigenvalue weighted by Gasteiger charge is -2.25. The van der Waals surface area contributed by atoms with Crippen molar-refractivity contribution in [2.24, 2.45) is 0 Å². The van der Waals surface area contributed by atoms with Crippen LogP contribution in [0.15, 0.2) is 18.2 Å². The number of hydrogen-bond donors (Lipinski definition) is 2. The van der Waals surface area contributed by atoms with E-state index in [1.165, 1.54) is 4.90 Å². The van der Waals surface area contributed by atoms with Crippen LogP contribution in [0.25, 0.3) is 0 Å². The first-order chi connectivity index (χ1) is 11.5. The minimum absolute atomic E-state index is 0.0218. The molecule has 6 heteroatoms. The highest BCUT2D eigenvalue weighted by Gasteiger charge is 2.20. The molecule has 0 spiro atoms. The second-order valence-corrected chi connectivity index (χ2v) is 7.27. The van der Waals surface area contributed by atoms with Crippen LogP contribution in [0.4, 0.5) is 0 Å². The monoisotopic (exact) mass is 347 g/mol. The third-order valence-corrected chi connectivity index (χ3v) is 3.47.